The Balaban J connectivity index is 3.99. The molecule has 0 rings (SSSR count). The first-order valence-electron chi connectivity index (χ1n) is 6.09. The number of thioether (sulfide) groups is 1. The molecule has 0 aromatic carbocycles. The largest absolute Gasteiger partial charge is 0.353 e. The summed E-state index contributed by atoms with van der Waals surface area (Å²) >= 11 is 1.85. The molecule has 0 spiro atoms. The third kappa shape index (κ3) is 7.12. The van der Waals surface area contributed by atoms with Crippen molar-refractivity contribution < 1.29 is 4.79 Å². The van der Waals surface area contributed by atoms with Crippen LogP contribution in [-0.2, 0) is 4.79 Å². The molecule has 2 unspecified atom stereocenters. The first-order chi connectivity index (χ1) is 7.51. The maximum atomic E-state index is 11.9. The van der Waals surface area contributed by atoms with Crippen molar-refractivity contribution in [3.8, 4) is 0 Å². The van der Waals surface area contributed by atoms with E-state index in [1.165, 1.54) is 0 Å². The summed E-state index contributed by atoms with van der Waals surface area (Å²) in [6.45, 7) is 8.85. The van der Waals surface area contributed by atoms with Crippen LogP contribution in [0.3, 0.4) is 0 Å². The lowest BCUT2D eigenvalue weighted by Crippen LogP contribution is -2.41. The molecule has 0 aromatic rings. The zero-order valence-corrected chi connectivity index (χ0v) is 11.8. The van der Waals surface area contributed by atoms with Crippen molar-refractivity contribution in [2.45, 2.75) is 40.2 Å². The van der Waals surface area contributed by atoms with Gasteiger partial charge in [-0.15, -0.1) is 0 Å². The predicted octanol–water partition coefficient (Wildman–Crippen LogP) is 1.87. The van der Waals surface area contributed by atoms with E-state index in [9.17, 15) is 4.79 Å². The molecule has 0 bridgehead atoms. The fourth-order valence-electron chi connectivity index (χ4n) is 1.58. The number of hydrogen-bond acceptors (Lipinski definition) is 3. The molecule has 0 saturated carbocycles. The monoisotopic (exact) mass is 246 g/mol. The van der Waals surface area contributed by atoms with Crippen molar-refractivity contribution in [3.05, 3.63) is 0 Å². The Kier molecular flexibility index (Phi) is 8.76. The predicted molar refractivity (Wildman–Crippen MR) is 72.6 cm³/mol. The second kappa shape index (κ2) is 8.88. The molecule has 0 radical (unpaired) electrons. The van der Waals surface area contributed by atoms with Crippen molar-refractivity contribution in [3.63, 3.8) is 0 Å². The molecule has 0 heterocycles. The van der Waals surface area contributed by atoms with Gasteiger partial charge in [-0.3, -0.25) is 4.79 Å². The Labute approximate surface area is 104 Å². The van der Waals surface area contributed by atoms with Crippen molar-refractivity contribution in [2.24, 2.45) is 17.6 Å². The number of carbonyl (C=O) groups is 1. The highest BCUT2D eigenvalue weighted by molar-refractivity contribution is 7.99. The molecule has 0 fully saturated rings. The summed E-state index contributed by atoms with van der Waals surface area (Å²) in [6.07, 6.45) is 0.871. The maximum Gasteiger partial charge on any atom is 0.224 e. The van der Waals surface area contributed by atoms with Gasteiger partial charge in [0, 0.05) is 18.3 Å². The molecule has 0 aliphatic rings. The van der Waals surface area contributed by atoms with Gasteiger partial charge < -0.3 is 11.1 Å². The minimum atomic E-state index is -0.0333. The molecule has 16 heavy (non-hydrogen) atoms. The second-order valence-electron chi connectivity index (χ2n) is 4.63. The van der Waals surface area contributed by atoms with Gasteiger partial charge in [0.1, 0.15) is 0 Å². The van der Waals surface area contributed by atoms with E-state index in [-0.39, 0.29) is 17.9 Å². The van der Waals surface area contributed by atoms with Crippen molar-refractivity contribution in [1.29, 1.82) is 0 Å². The Bertz CT molecular complexity index is 197. The summed E-state index contributed by atoms with van der Waals surface area (Å²) in [5.41, 5.74) is 5.63. The van der Waals surface area contributed by atoms with Crippen LogP contribution in [0.25, 0.3) is 0 Å². The molecular formula is C12H26N2OS. The number of amides is 1. The Hall–Kier alpha value is -0.220. The summed E-state index contributed by atoms with van der Waals surface area (Å²) in [6, 6.07) is 0.235. The Morgan fingerprint density at radius 2 is 2.00 bits per heavy atom. The van der Waals surface area contributed by atoms with Crippen molar-refractivity contribution >= 4 is 17.7 Å². The van der Waals surface area contributed by atoms with Crippen LogP contribution in [0, 0.1) is 11.8 Å². The smallest absolute Gasteiger partial charge is 0.224 e. The molecular weight excluding hydrogens is 220 g/mol. The van der Waals surface area contributed by atoms with Gasteiger partial charge in [0.25, 0.3) is 0 Å². The van der Waals surface area contributed by atoms with Gasteiger partial charge in [-0.05, 0) is 25.0 Å². The fraction of sp³-hybridized carbons (Fsp3) is 0.917. The van der Waals surface area contributed by atoms with E-state index < -0.39 is 0 Å². The minimum absolute atomic E-state index is 0.0333. The van der Waals surface area contributed by atoms with Crippen molar-refractivity contribution in [1.82, 2.24) is 5.32 Å². The lowest BCUT2D eigenvalue weighted by Gasteiger charge is -2.20. The highest BCUT2D eigenvalue weighted by Crippen LogP contribution is 2.11. The first kappa shape index (κ1) is 15.8. The maximum absolute atomic E-state index is 11.9. The number of rotatable bonds is 8. The van der Waals surface area contributed by atoms with E-state index in [1.807, 2.05) is 18.7 Å². The molecule has 1 amide bonds. The number of nitrogens with two attached hydrogens (primary N) is 1. The van der Waals surface area contributed by atoms with Gasteiger partial charge in [-0.2, -0.15) is 11.8 Å². The SMILES string of the molecule is CCSCC(C)NC(=O)C(CN)CC(C)C. The standard InChI is InChI=1S/C12H26N2OS/c1-5-16-8-10(4)14-12(15)11(7-13)6-9(2)3/h9-11H,5-8,13H2,1-4H3,(H,14,15). The van der Waals surface area contributed by atoms with E-state index in [2.05, 4.69) is 26.1 Å². The van der Waals surface area contributed by atoms with Gasteiger partial charge in [0.05, 0.1) is 5.92 Å². The van der Waals surface area contributed by atoms with Crippen LogP contribution in [0.15, 0.2) is 0 Å². The van der Waals surface area contributed by atoms with E-state index in [4.69, 9.17) is 5.73 Å². The highest BCUT2D eigenvalue weighted by Gasteiger charge is 2.19. The summed E-state index contributed by atoms with van der Waals surface area (Å²) in [5, 5.41) is 3.03. The van der Waals surface area contributed by atoms with E-state index in [0.29, 0.717) is 12.5 Å². The van der Waals surface area contributed by atoms with Crippen molar-refractivity contribution in [2.75, 3.05) is 18.1 Å². The molecule has 0 aliphatic heterocycles. The number of carbonyl (C=O) groups excluding carboxylic acids is 1. The second-order valence-corrected chi connectivity index (χ2v) is 5.95. The fourth-order valence-corrected chi connectivity index (χ4v) is 2.25. The summed E-state index contributed by atoms with van der Waals surface area (Å²) < 4.78 is 0. The number of nitrogens with one attached hydrogen (secondary N) is 1. The highest BCUT2D eigenvalue weighted by atomic mass is 32.2. The zero-order valence-electron chi connectivity index (χ0n) is 11.0. The van der Waals surface area contributed by atoms with Crippen LogP contribution in [0.2, 0.25) is 0 Å². The lowest BCUT2D eigenvalue weighted by molar-refractivity contribution is -0.125. The van der Waals surface area contributed by atoms with Crippen LogP contribution in [0.5, 0.6) is 0 Å². The lowest BCUT2D eigenvalue weighted by atomic mass is 9.96. The first-order valence-corrected chi connectivity index (χ1v) is 7.24. The van der Waals surface area contributed by atoms with Gasteiger partial charge in [0.15, 0.2) is 0 Å². The average molecular weight is 246 g/mol. The van der Waals surface area contributed by atoms with Gasteiger partial charge in [0.2, 0.25) is 5.91 Å². The van der Waals surface area contributed by atoms with Crippen LogP contribution >= 0.6 is 11.8 Å². The molecule has 0 aliphatic carbocycles. The van der Waals surface area contributed by atoms with Gasteiger partial charge >= 0.3 is 0 Å². The topological polar surface area (TPSA) is 55.1 Å². The quantitative estimate of drug-likeness (QED) is 0.687. The van der Waals surface area contributed by atoms with Crippen LogP contribution in [0.1, 0.15) is 34.1 Å². The molecule has 3 nitrogen and oxygen atoms in total. The van der Waals surface area contributed by atoms with Gasteiger partial charge in [-0.25, -0.2) is 0 Å². The molecule has 0 saturated heterocycles. The van der Waals surface area contributed by atoms with E-state index >= 15 is 0 Å². The van der Waals surface area contributed by atoms with Crippen LogP contribution in [-0.4, -0.2) is 30.0 Å². The third-order valence-corrected chi connectivity index (χ3v) is 3.52. The Morgan fingerprint density at radius 3 is 2.44 bits per heavy atom. The van der Waals surface area contributed by atoms with Crippen LogP contribution < -0.4 is 11.1 Å². The summed E-state index contributed by atoms with van der Waals surface area (Å²) in [7, 11) is 0. The molecule has 3 N–H and O–H groups in total. The van der Waals surface area contributed by atoms with Crippen LogP contribution in [0.4, 0.5) is 0 Å². The third-order valence-electron chi connectivity index (χ3n) is 2.37. The molecule has 2 atom stereocenters. The van der Waals surface area contributed by atoms with E-state index in [1.54, 1.807) is 0 Å². The summed E-state index contributed by atoms with van der Waals surface area (Å²) in [5.74, 6) is 2.65. The average Bonchev–Trinajstić information content (AvgIpc) is 2.22. The molecule has 4 heteroatoms. The molecule has 0 aromatic heterocycles. The summed E-state index contributed by atoms with van der Waals surface area (Å²) in [4.78, 5) is 11.9. The zero-order chi connectivity index (χ0) is 12.6. The van der Waals surface area contributed by atoms with Gasteiger partial charge in [-0.1, -0.05) is 20.8 Å². The normalized spacial score (nSPS) is 14.9. The molecule has 96 valence electrons. The van der Waals surface area contributed by atoms with E-state index in [0.717, 1.165) is 17.9 Å². The number of hydrogen-bond donors (Lipinski definition) is 2. The minimum Gasteiger partial charge on any atom is -0.353 e. The Morgan fingerprint density at radius 1 is 1.38 bits per heavy atom.